The van der Waals surface area contributed by atoms with Gasteiger partial charge in [-0.2, -0.15) is 11.8 Å². The molecule has 0 radical (unpaired) electrons. The first-order valence-corrected chi connectivity index (χ1v) is 7.70. The lowest BCUT2D eigenvalue weighted by Crippen LogP contribution is -2.40. The fourth-order valence-corrected chi connectivity index (χ4v) is 2.85. The van der Waals surface area contributed by atoms with Crippen LogP contribution in [-0.4, -0.2) is 22.2 Å². The molecule has 1 aromatic rings. The van der Waals surface area contributed by atoms with E-state index in [1.54, 1.807) is 23.1 Å². The van der Waals surface area contributed by atoms with Gasteiger partial charge in [0.15, 0.2) is 0 Å². The van der Waals surface area contributed by atoms with Crippen molar-refractivity contribution in [3.63, 3.8) is 0 Å². The van der Waals surface area contributed by atoms with Gasteiger partial charge in [0.1, 0.15) is 0 Å². The second kappa shape index (κ2) is 6.40. The molecule has 0 atom stereocenters. The van der Waals surface area contributed by atoms with Crippen molar-refractivity contribution in [2.24, 2.45) is 0 Å². The number of aromatic nitrogens is 1. The van der Waals surface area contributed by atoms with Crippen molar-refractivity contribution in [2.45, 2.75) is 45.4 Å². The number of thiazole rings is 1. The highest BCUT2D eigenvalue weighted by Crippen LogP contribution is 2.15. The van der Waals surface area contributed by atoms with Crippen LogP contribution in [0.4, 0.5) is 0 Å². The lowest BCUT2D eigenvalue weighted by Gasteiger charge is -2.20. The van der Waals surface area contributed by atoms with Crippen LogP contribution < -0.4 is 5.32 Å². The second-order valence-corrected chi connectivity index (χ2v) is 7.13. The summed E-state index contributed by atoms with van der Waals surface area (Å²) < 4.78 is 0. The van der Waals surface area contributed by atoms with Crippen LogP contribution in [0.3, 0.4) is 0 Å². The molecule has 0 saturated carbocycles. The van der Waals surface area contributed by atoms with Gasteiger partial charge in [0.25, 0.3) is 0 Å². The van der Waals surface area contributed by atoms with Crippen LogP contribution in [0.5, 0.6) is 0 Å². The summed E-state index contributed by atoms with van der Waals surface area (Å²) in [6.45, 7) is 8.00. The largest absolute Gasteiger partial charge is 0.351 e. The fraction of sp³-hybridized carbons (Fsp3) is 0.667. The van der Waals surface area contributed by atoms with Crippen molar-refractivity contribution in [1.29, 1.82) is 0 Å². The molecule has 1 aromatic heterocycles. The molecule has 1 amide bonds. The molecule has 0 unspecified atom stereocenters. The van der Waals surface area contributed by atoms with Crippen LogP contribution in [-0.2, 0) is 10.5 Å². The van der Waals surface area contributed by atoms with Crippen LogP contribution in [0, 0.1) is 6.92 Å². The van der Waals surface area contributed by atoms with Gasteiger partial charge in [-0.15, -0.1) is 11.3 Å². The zero-order valence-corrected chi connectivity index (χ0v) is 12.5. The SMILES string of the molecule is Cc1nc(CSCCC(=O)NC(C)(C)C)cs1. The number of nitrogens with one attached hydrogen (secondary N) is 1. The molecule has 0 aliphatic rings. The maximum absolute atomic E-state index is 11.5. The highest BCUT2D eigenvalue weighted by Gasteiger charge is 2.13. The second-order valence-electron chi connectivity index (χ2n) is 4.96. The molecule has 5 heteroatoms. The summed E-state index contributed by atoms with van der Waals surface area (Å²) in [4.78, 5) is 15.9. The Morgan fingerprint density at radius 3 is 2.76 bits per heavy atom. The number of hydrogen-bond donors (Lipinski definition) is 1. The van der Waals surface area contributed by atoms with Gasteiger partial charge >= 0.3 is 0 Å². The Morgan fingerprint density at radius 2 is 2.24 bits per heavy atom. The zero-order chi connectivity index (χ0) is 12.9. The summed E-state index contributed by atoms with van der Waals surface area (Å²) in [7, 11) is 0. The molecule has 0 aliphatic heterocycles. The first kappa shape index (κ1) is 14.5. The smallest absolute Gasteiger partial charge is 0.221 e. The number of carbonyl (C=O) groups excluding carboxylic acids is 1. The summed E-state index contributed by atoms with van der Waals surface area (Å²) in [6, 6.07) is 0. The Bertz CT molecular complexity index is 369. The van der Waals surface area contributed by atoms with Crippen molar-refractivity contribution in [3.8, 4) is 0 Å². The van der Waals surface area contributed by atoms with Crippen molar-refractivity contribution in [1.82, 2.24) is 10.3 Å². The van der Waals surface area contributed by atoms with Gasteiger partial charge in [-0.1, -0.05) is 0 Å². The number of hydrogen-bond acceptors (Lipinski definition) is 4. The van der Waals surface area contributed by atoms with Gasteiger partial charge in [0.05, 0.1) is 10.7 Å². The van der Waals surface area contributed by atoms with E-state index in [-0.39, 0.29) is 11.4 Å². The Morgan fingerprint density at radius 1 is 1.53 bits per heavy atom. The number of thioether (sulfide) groups is 1. The standard InChI is InChI=1S/C12H20N2OS2/c1-9-13-10(8-17-9)7-16-6-5-11(15)14-12(2,3)4/h8H,5-7H2,1-4H3,(H,14,15). The van der Waals surface area contributed by atoms with E-state index in [1.165, 1.54) is 0 Å². The number of amides is 1. The number of carbonyl (C=O) groups is 1. The molecule has 0 saturated heterocycles. The highest BCUT2D eigenvalue weighted by molar-refractivity contribution is 7.98. The maximum Gasteiger partial charge on any atom is 0.221 e. The molecule has 3 nitrogen and oxygen atoms in total. The van der Waals surface area contributed by atoms with Gasteiger partial charge in [0, 0.05) is 28.8 Å². The van der Waals surface area contributed by atoms with E-state index in [1.807, 2.05) is 27.7 Å². The van der Waals surface area contributed by atoms with Crippen molar-refractivity contribution < 1.29 is 4.79 Å². The topological polar surface area (TPSA) is 42.0 Å². The van der Waals surface area contributed by atoms with E-state index in [0.29, 0.717) is 6.42 Å². The van der Waals surface area contributed by atoms with E-state index in [4.69, 9.17) is 0 Å². The minimum atomic E-state index is -0.131. The molecular weight excluding hydrogens is 252 g/mol. The molecule has 1 heterocycles. The third kappa shape index (κ3) is 6.68. The van der Waals surface area contributed by atoms with Gasteiger partial charge in [0.2, 0.25) is 5.91 Å². The third-order valence-electron chi connectivity index (χ3n) is 1.90. The summed E-state index contributed by atoms with van der Waals surface area (Å²) >= 11 is 3.43. The highest BCUT2D eigenvalue weighted by atomic mass is 32.2. The van der Waals surface area contributed by atoms with E-state index in [2.05, 4.69) is 15.7 Å². The Balaban J connectivity index is 2.14. The molecule has 0 bridgehead atoms. The van der Waals surface area contributed by atoms with Gasteiger partial charge < -0.3 is 5.32 Å². The van der Waals surface area contributed by atoms with Crippen LogP contribution in [0.15, 0.2) is 5.38 Å². The molecule has 0 aliphatic carbocycles. The maximum atomic E-state index is 11.5. The van der Waals surface area contributed by atoms with E-state index in [9.17, 15) is 4.79 Å². The van der Waals surface area contributed by atoms with Crippen LogP contribution in [0.25, 0.3) is 0 Å². The Labute approximate surface area is 111 Å². The molecule has 1 rings (SSSR count). The summed E-state index contributed by atoms with van der Waals surface area (Å²) in [5.41, 5.74) is 0.988. The van der Waals surface area contributed by atoms with Gasteiger partial charge in [-0.25, -0.2) is 4.98 Å². The van der Waals surface area contributed by atoms with E-state index in [0.717, 1.165) is 22.2 Å². The normalized spacial score (nSPS) is 11.5. The molecule has 17 heavy (non-hydrogen) atoms. The van der Waals surface area contributed by atoms with Gasteiger partial charge in [-0.3, -0.25) is 4.79 Å². The molecule has 96 valence electrons. The summed E-state index contributed by atoms with van der Waals surface area (Å²) in [5, 5.41) is 6.14. The average molecular weight is 272 g/mol. The third-order valence-corrected chi connectivity index (χ3v) is 3.72. The summed E-state index contributed by atoms with van der Waals surface area (Å²) in [5.74, 6) is 1.87. The molecule has 0 spiro atoms. The lowest BCUT2D eigenvalue weighted by atomic mass is 10.1. The van der Waals surface area contributed by atoms with E-state index < -0.39 is 0 Å². The number of aryl methyl sites for hydroxylation is 1. The average Bonchev–Trinajstić information content (AvgIpc) is 2.56. The fourth-order valence-electron chi connectivity index (χ4n) is 1.30. The molecular formula is C12H20N2OS2. The van der Waals surface area contributed by atoms with Crippen LogP contribution >= 0.6 is 23.1 Å². The van der Waals surface area contributed by atoms with Crippen LogP contribution in [0.2, 0.25) is 0 Å². The predicted molar refractivity (Wildman–Crippen MR) is 75.5 cm³/mol. The number of nitrogens with zero attached hydrogens (tertiary/aromatic N) is 1. The monoisotopic (exact) mass is 272 g/mol. The van der Waals surface area contributed by atoms with E-state index >= 15 is 0 Å². The minimum absolute atomic E-state index is 0.124. The minimum Gasteiger partial charge on any atom is -0.351 e. The van der Waals surface area contributed by atoms with Gasteiger partial charge in [-0.05, 0) is 27.7 Å². The quantitative estimate of drug-likeness (QED) is 0.838. The predicted octanol–water partition coefficient (Wildman–Crippen LogP) is 2.99. The van der Waals surface area contributed by atoms with Crippen molar-refractivity contribution in [2.75, 3.05) is 5.75 Å². The molecule has 0 aromatic carbocycles. The molecule has 0 fully saturated rings. The first-order valence-electron chi connectivity index (χ1n) is 5.66. The first-order chi connectivity index (χ1) is 7.87. The summed E-state index contributed by atoms with van der Waals surface area (Å²) in [6.07, 6.45) is 0.574. The number of rotatable bonds is 5. The van der Waals surface area contributed by atoms with Crippen molar-refractivity contribution in [3.05, 3.63) is 16.1 Å². The Hall–Kier alpha value is -0.550. The van der Waals surface area contributed by atoms with Crippen molar-refractivity contribution >= 4 is 29.0 Å². The van der Waals surface area contributed by atoms with Crippen LogP contribution in [0.1, 0.15) is 37.9 Å². The Kier molecular flexibility index (Phi) is 5.46. The lowest BCUT2D eigenvalue weighted by molar-refractivity contribution is -0.122. The molecule has 1 N–H and O–H groups in total. The zero-order valence-electron chi connectivity index (χ0n) is 10.9.